The van der Waals surface area contributed by atoms with Crippen molar-refractivity contribution in [3.63, 3.8) is 0 Å². The van der Waals surface area contributed by atoms with Crippen molar-refractivity contribution in [1.82, 2.24) is 4.31 Å². The molecule has 0 amide bonds. The Morgan fingerprint density at radius 3 is 2.43 bits per heavy atom. The van der Waals surface area contributed by atoms with Gasteiger partial charge in [0.05, 0.1) is 4.90 Å². The van der Waals surface area contributed by atoms with Crippen LogP contribution in [0.3, 0.4) is 0 Å². The Morgan fingerprint density at radius 1 is 1.04 bits per heavy atom. The number of sulfonamides is 1. The van der Waals surface area contributed by atoms with E-state index in [2.05, 4.69) is 0 Å². The van der Waals surface area contributed by atoms with Gasteiger partial charge in [0.2, 0.25) is 10.0 Å². The SMILES string of the molecule is CC(=O)c1cccc(S(=O)(=O)N(Cc2ccccc2)[C@H](C)Cc2cccs2)c1. The standard InChI is InChI=1S/C22H23NO3S2/c1-17(14-21-11-7-13-27-21)23(16-19-8-4-3-5-9-19)28(25,26)22-12-6-10-20(15-22)18(2)24/h3-13,15,17H,14,16H2,1-2H3/t17-/m1/s1. The van der Waals surface area contributed by atoms with Gasteiger partial charge in [-0.25, -0.2) is 8.42 Å². The molecule has 0 bridgehead atoms. The fourth-order valence-electron chi connectivity index (χ4n) is 3.07. The number of hydrogen-bond donors (Lipinski definition) is 0. The van der Waals surface area contributed by atoms with Crippen LogP contribution in [0.5, 0.6) is 0 Å². The monoisotopic (exact) mass is 413 g/mol. The summed E-state index contributed by atoms with van der Waals surface area (Å²) in [6.07, 6.45) is 0.635. The quantitative estimate of drug-likeness (QED) is 0.500. The number of hydrogen-bond acceptors (Lipinski definition) is 4. The lowest BCUT2D eigenvalue weighted by atomic mass is 10.1. The molecule has 0 unspecified atom stereocenters. The average molecular weight is 414 g/mol. The first-order chi connectivity index (χ1) is 13.4. The van der Waals surface area contributed by atoms with Crippen LogP contribution >= 0.6 is 11.3 Å². The van der Waals surface area contributed by atoms with Gasteiger partial charge in [-0.1, -0.05) is 48.5 Å². The maximum atomic E-state index is 13.5. The number of thiophene rings is 1. The summed E-state index contributed by atoms with van der Waals surface area (Å²) in [7, 11) is -3.77. The Labute approximate surface area is 170 Å². The minimum Gasteiger partial charge on any atom is -0.295 e. The Hall–Kier alpha value is -2.28. The van der Waals surface area contributed by atoms with E-state index in [9.17, 15) is 13.2 Å². The molecule has 146 valence electrons. The maximum absolute atomic E-state index is 13.5. The molecule has 1 atom stereocenters. The van der Waals surface area contributed by atoms with Crippen LogP contribution in [0.2, 0.25) is 0 Å². The molecule has 1 heterocycles. The molecular weight excluding hydrogens is 390 g/mol. The van der Waals surface area contributed by atoms with E-state index in [1.807, 2.05) is 54.8 Å². The van der Waals surface area contributed by atoms with Gasteiger partial charge in [0.1, 0.15) is 0 Å². The third-order valence-electron chi connectivity index (χ3n) is 4.60. The van der Waals surface area contributed by atoms with Crippen LogP contribution < -0.4 is 0 Å². The first-order valence-electron chi connectivity index (χ1n) is 9.07. The molecule has 2 aromatic carbocycles. The average Bonchev–Trinajstić information content (AvgIpc) is 3.19. The van der Waals surface area contributed by atoms with Gasteiger partial charge in [-0.2, -0.15) is 4.31 Å². The van der Waals surface area contributed by atoms with Crippen LogP contribution in [-0.4, -0.2) is 24.5 Å². The number of rotatable bonds is 8. The summed E-state index contributed by atoms with van der Waals surface area (Å²) in [5.41, 5.74) is 1.32. The predicted molar refractivity (Wildman–Crippen MR) is 113 cm³/mol. The normalized spacial score (nSPS) is 12.8. The zero-order valence-electron chi connectivity index (χ0n) is 15.9. The molecule has 0 aliphatic heterocycles. The highest BCUT2D eigenvalue weighted by atomic mass is 32.2. The van der Waals surface area contributed by atoms with Crippen molar-refractivity contribution >= 4 is 27.1 Å². The lowest BCUT2D eigenvalue weighted by molar-refractivity contribution is 0.101. The Bertz CT molecular complexity index is 1030. The first kappa shape index (κ1) is 20.5. The van der Waals surface area contributed by atoms with Crippen LogP contribution in [0.25, 0.3) is 0 Å². The molecule has 3 rings (SSSR count). The summed E-state index contributed by atoms with van der Waals surface area (Å²) in [6.45, 7) is 3.64. The van der Waals surface area contributed by atoms with E-state index in [1.54, 1.807) is 29.5 Å². The van der Waals surface area contributed by atoms with Crippen LogP contribution in [0.4, 0.5) is 0 Å². The smallest absolute Gasteiger partial charge is 0.243 e. The topological polar surface area (TPSA) is 54.5 Å². The Balaban J connectivity index is 1.98. The molecule has 6 heteroatoms. The highest BCUT2D eigenvalue weighted by molar-refractivity contribution is 7.89. The van der Waals surface area contributed by atoms with Gasteiger partial charge in [-0.3, -0.25) is 4.79 Å². The fourth-order valence-corrected chi connectivity index (χ4v) is 5.56. The molecule has 4 nitrogen and oxygen atoms in total. The number of ketones is 1. The summed E-state index contributed by atoms with van der Waals surface area (Å²) in [4.78, 5) is 13.0. The molecular formula is C22H23NO3S2. The lowest BCUT2D eigenvalue weighted by Gasteiger charge is -2.28. The highest BCUT2D eigenvalue weighted by Crippen LogP contribution is 2.25. The second-order valence-electron chi connectivity index (χ2n) is 6.75. The zero-order valence-corrected chi connectivity index (χ0v) is 17.5. The van der Waals surface area contributed by atoms with Crippen molar-refractivity contribution in [2.45, 2.75) is 37.8 Å². The van der Waals surface area contributed by atoms with E-state index in [0.29, 0.717) is 12.0 Å². The summed E-state index contributed by atoms with van der Waals surface area (Å²) in [6, 6.07) is 19.6. The van der Waals surface area contributed by atoms with E-state index in [-0.39, 0.29) is 23.3 Å². The molecule has 28 heavy (non-hydrogen) atoms. The van der Waals surface area contributed by atoms with E-state index < -0.39 is 10.0 Å². The molecule has 0 radical (unpaired) electrons. The van der Waals surface area contributed by atoms with Crippen LogP contribution in [0, 0.1) is 0 Å². The predicted octanol–water partition coefficient (Wildman–Crippen LogP) is 4.77. The third-order valence-corrected chi connectivity index (χ3v) is 7.45. The number of carbonyl (C=O) groups excluding carboxylic acids is 1. The van der Waals surface area contributed by atoms with Gasteiger partial charge < -0.3 is 0 Å². The second-order valence-corrected chi connectivity index (χ2v) is 9.68. The highest BCUT2D eigenvalue weighted by Gasteiger charge is 2.30. The van der Waals surface area contributed by atoms with Crippen molar-refractivity contribution in [1.29, 1.82) is 0 Å². The summed E-state index contributed by atoms with van der Waals surface area (Å²) in [5, 5.41) is 1.99. The van der Waals surface area contributed by atoms with E-state index in [0.717, 1.165) is 10.4 Å². The zero-order chi connectivity index (χ0) is 20.1. The van der Waals surface area contributed by atoms with Crippen LogP contribution in [0.1, 0.15) is 34.6 Å². The van der Waals surface area contributed by atoms with Crippen molar-refractivity contribution in [2.24, 2.45) is 0 Å². The molecule has 0 N–H and O–H groups in total. The van der Waals surface area contributed by atoms with Gasteiger partial charge in [0.15, 0.2) is 5.78 Å². The molecule has 0 aliphatic carbocycles. The largest absolute Gasteiger partial charge is 0.295 e. The third kappa shape index (κ3) is 4.76. The van der Waals surface area contributed by atoms with Crippen molar-refractivity contribution < 1.29 is 13.2 Å². The number of carbonyl (C=O) groups is 1. The molecule has 0 spiro atoms. The van der Waals surface area contributed by atoms with Gasteiger partial charge in [-0.05, 0) is 49.4 Å². The minimum absolute atomic E-state index is 0.147. The van der Waals surface area contributed by atoms with Gasteiger partial charge >= 0.3 is 0 Å². The number of Topliss-reactive ketones (excluding diaryl/α,β-unsaturated/α-hetero) is 1. The number of benzene rings is 2. The van der Waals surface area contributed by atoms with Gasteiger partial charge in [0, 0.05) is 23.0 Å². The lowest BCUT2D eigenvalue weighted by Crippen LogP contribution is -2.39. The summed E-state index contributed by atoms with van der Waals surface area (Å²) >= 11 is 1.62. The second kappa shape index (κ2) is 8.82. The van der Waals surface area contributed by atoms with Crippen LogP contribution in [0.15, 0.2) is 77.0 Å². The summed E-state index contributed by atoms with van der Waals surface area (Å²) in [5.74, 6) is -0.154. The fraction of sp³-hybridized carbons (Fsp3) is 0.227. The Morgan fingerprint density at radius 2 is 1.79 bits per heavy atom. The van der Waals surface area contributed by atoms with Gasteiger partial charge in [0.25, 0.3) is 0 Å². The molecule has 3 aromatic rings. The minimum atomic E-state index is -3.77. The molecule has 0 saturated carbocycles. The van der Waals surface area contributed by atoms with Crippen molar-refractivity contribution in [3.8, 4) is 0 Å². The molecule has 0 aliphatic rings. The molecule has 0 saturated heterocycles. The van der Waals surface area contributed by atoms with Crippen molar-refractivity contribution in [3.05, 3.63) is 88.1 Å². The van der Waals surface area contributed by atoms with E-state index in [4.69, 9.17) is 0 Å². The van der Waals surface area contributed by atoms with Crippen molar-refractivity contribution in [2.75, 3.05) is 0 Å². The first-order valence-corrected chi connectivity index (χ1v) is 11.4. The van der Waals surface area contributed by atoms with E-state index in [1.165, 1.54) is 17.3 Å². The Kier molecular flexibility index (Phi) is 6.44. The maximum Gasteiger partial charge on any atom is 0.243 e. The van der Waals surface area contributed by atoms with Crippen LogP contribution in [-0.2, 0) is 23.0 Å². The number of nitrogens with zero attached hydrogens (tertiary/aromatic N) is 1. The molecule has 0 fully saturated rings. The van der Waals surface area contributed by atoms with E-state index >= 15 is 0 Å². The van der Waals surface area contributed by atoms with Gasteiger partial charge in [-0.15, -0.1) is 11.3 Å². The molecule has 1 aromatic heterocycles. The summed E-state index contributed by atoms with van der Waals surface area (Å²) < 4.78 is 28.5.